The Morgan fingerprint density at radius 2 is 1.00 bits per heavy atom. The van der Waals surface area contributed by atoms with Gasteiger partial charge in [-0.15, -0.1) is 12.8 Å². The Kier molecular flexibility index (Phi) is 5.81. The van der Waals surface area contributed by atoms with Crippen LogP contribution in [0.4, 0.5) is 0 Å². The van der Waals surface area contributed by atoms with Crippen molar-refractivity contribution >= 4 is 0 Å². The van der Waals surface area contributed by atoms with E-state index in [-0.39, 0.29) is 0 Å². The summed E-state index contributed by atoms with van der Waals surface area (Å²) in [5.41, 5.74) is 5.53. The van der Waals surface area contributed by atoms with Gasteiger partial charge in [-0.2, -0.15) is 0 Å². The van der Waals surface area contributed by atoms with E-state index in [4.69, 9.17) is 12.8 Å². The second-order valence-electron chi connectivity index (χ2n) is 5.10. The average molecular weight is 294 g/mol. The molecule has 0 bridgehead atoms. The van der Waals surface area contributed by atoms with Crippen molar-refractivity contribution in [3.63, 3.8) is 0 Å². The zero-order valence-corrected chi connectivity index (χ0v) is 13.2. The number of hydrogen-bond donors (Lipinski definition) is 0. The van der Waals surface area contributed by atoms with Gasteiger partial charge in [0.1, 0.15) is 0 Å². The van der Waals surface area contributed by atoms with Crippen molar-refractivity contribution in [2.45, 2.75) is 6.92 Å². The van der Waals surface area contributed by atoms with Crippen molar-refractivity contribution in [2.75, 3.05) is 0 Å². The van der Waals surface area contributed by atoms with E-state index in [9.17, 15) is 0 Å². The first-order chi connectivity index (χ1) is 11.2. The first-order valence-electron chi connectivity index (χ1n) is 7.38. The SMILES string of the molecule is C#Cc1ccc(-c2ccccc2)cc1.C#Cc1ccc(C)cc1. The smallest absolute Gasteiger partial charge is 0.0243 e. The molecule has 0 spiro atoms. The molecule has 0 N–H and O–H groups in total. The molecule has 110 valence electrons. The highest BCUT2D eigenvalue weighted by Gasteiger charge is 1.94. The molecule has 0 radical (unpaired) electrons. The van der Waals surface area contributed by atoms with Crippen LogP contribution in [0.15, 0.2) is 78.9 Å². The molecule has 3 aromatic rings. The quantitative estimate of drug-likeness (QED) is 0.533. The van der Waals surface area contributed by atoms with Gasteiger partial charge in [-0.3, -0.25) is 0 Å². The summed E-state index contributed by atoms with van der Waals surface area (Å²) < 4.78 is 0. The normalized spacial score (nSPS) is 9.00. The van der Waals surface area contributed by atoms with Crippen molar-refractivity contribution in [3.8, 4) is 35.8 Å². The molecule has 0 saturated heterocycles. The molecule has 0 nitrogen and oxygen atoms in total. The number of rotatable bonds is 1. The largest absolute Gasteiger partial charge is 0.115 e. The standard InChI is InChI=1S/C14H10.C9H8/c1-2-12-8-10-14(11-9-12)13-6-4-3-5-7-13;1-3-9-6-4-8(2)5-7-9/h1,3-11H;1,4-7H,2H3. The van der Waals surface area contributed by atoms with E-state index in [0.717, 1.165) is 11.1 Å². The maximum Gasteiger partial charge on any atom is 0.0243 e. The molecule has 3 aromatic carbocycles. The predicted octanol–water partition coefficient (Wildman–Crippen LogP) is 5.31. The number of terminal acetylenes is 2. The summed E-state index contributed by atoms with van der Waals surface area (Å²) in [5.74, 6) is 5.16. The topological polar surface area (TPSA) is 0 Å². The fourth-order valence-corrected chi connectivity index (χ4v) is 2.04. The Labute approximate surface area is 138 Å². The first-order valence-corrected chi connectivity index (χ1v) is 7.38. The van der Waals surface area contributed by atoms with Gasteiger partial charge in [-0.25, -0.2) is 0 Å². The zero-order valence-electron chi connectivity index (χ0n) is 13.2. The first kappa shape index (κ1) is 16.2. The fraction of sp³-hybridized carbons (Fsp3) is 0.0435. The molecule has 0 atom stereocenters. The molecule has 0 aliphatic carbocycles. The summed E-state index contributed by atoms with van der Waals surface area (Å²) in [6.07, 6.45) is 10.4. The second kappa shape index (κ2) is 8.28. The summed E-state index contributed by atoms with van der Waals surface area (Å²) in [6.45, 7) is 2.04. The van der Waals surface area contributed by atoms with Crippen molar-refractivity contribution in [2.24, 2.45) is 0 Å². The van der Waals surface area contributed by atoms with Gasteiger partial charge in [-0.05, 0) is 42.3 Å². The molecule has 0 heteroatoms. The van der Waals surface area contributed by atoms with E-state index in [1.54, 1.807) is 0 Å². The molecule has 0 aromatic heterocycles. The third-order valence-corrected chi connectivity index (χ3v) is 3.38. The summed E-state index contributed by atoms with van der Waals surface area (Å²) >= 11 is 0. The monoisotopic (exact) mass is 294 g/mol. The average Bonchev–Trinajstić information content (AvgIpc) is 2.64. The van der Waals surface area contributed by atoms with Crippen LogP contribution in [0.2, 0.25) is 0 Å². The number of benzene rings is 3. The lowest BCUT2D eigenvalue weighted by atomic mass is 10.0. The lowest BCUT2D eigenvalue weighted by Gasteiger charge is -2.00. The van der Waals surface area contributed by atoms with Crippen LogP contribution >= 0.6 is 0 Å². The Hall–Kier alpha value is -3.22. The van der Waals surface area contributed by atoms with E-state index >= 15 is 0 Å². The third-order valence-electron chi connectivity index (χ3n) is 3.38. The van der Waals surface area contributed by atoms with Crippen LogP contribution in [0, 0.1) is 31.6 Å². The lowest BCUT2D eigenvalue weighted by molar-refractivity contribution is 1.46. The number of aryl methyl sites for hydroxylation is 1. The molecule has 0 fully saturated rings. The summed E-state index contributed by atoms with van der Waals surface area (Å²) in [7, 11) is 0. The highest BCUT2D eigenvalue weighted by atomic mass is 14.0. The Bertz CT molecular complexity index is 808. The van der Waals surface area contributed by atoms with Gasteiger partial charge in [0.05, 0.1) is 0 Å². The van der Waals surface area contributed by atoms with E-state index < -0.39 is 0 Å². The Morgan fingerprint density at radius 3 is 1.48 bits per heavy atom. The van der Waals surface area contributed by atoms with Crippen LogP contribution in [0.3, 0.4) is 0 Å². The maximum absolute atomic E-state index is 5.29. The molecule has 0 saturated carbocycles. The maximum atomic E-state index is 5.29. The van der Waals surface area contributed by atoms with E-state index in [0.29, 0.717) is 0 Å². The molecule has 0 aliphatic heterocycles. The van der Waals surface area contributed by atoms with E-state index in [1.807, 2.05) is 73.7 Å². The van der Waals surface area contributed by atoms with Gasteiger partial charge in [-0.1, -0.05) is 72.0 Å². The minimum absolute atomic E-state index is 0.921. The van der Waals surface area contributed by atoms with Gasteiger partial charge in [0.2, 0.25) is 0 Å². The summed E-state index contributed by atoms with van der Waals surface area (Å²) in [5, 5.41) is 0. The Balaban J connectivity index is 0.000000185. The molecule has 0 amide bonds. The van der Waals surface area contributed by atoms with Gasteiger partial charge in [0.15, 0.2) is 0 Å². The van der Waals surface area contributed by atoms with Crippen LogP contribution in [0.1, 0.15) is 16.7 Å². The van der Waals surface area contributed by atoms with Gasteiger partial charge < -0.3 is 0 Å². The van der Waals surface area contributed by atoms with Crippen molar-refractivity contribution in [3.05, 3.63) is 95.6 Å². The van der Waals surface area contributed by atoms with Crippen molar-refractivity contribution in [1.82, 2.24) is 0 Å². The van der Waals surface area contributed by atoms with Crippen LogP contribution < -0.4 is 0 Å². The van der Waals surface area contributed by atoms with Gasteiger partial charge in [0.25, 0.3) is 0 Å². The zero-order chi connectivity index (χ0) is 16.5. The predicted molar refractivity (Wildman–Crippen MR) is 98.9 cm³/mol. The highest BCUT2D eigenvalue weighted by molar-refractivity contribution is 5.64. The summed E-state index contributed by atoms with van der Waals surface area (Å²) in [6, 6.07) is 26.2. The highest BCUT2D eigenvalue weighted by Crippen LogP contribution is 2.18. The van der Waals surface area contributed by atoms with Crippen LogP contribution in [0.25, 0.3) is 11.1 Å². The Morgan fingerprint density at radius 1 is 0.565 bits per heavy atom. The summed E-state index contributed by atoms with van der Waals surface area (Å²) in [4.78, 5) is 0. The number of hydrogen-bond acceptors (Lipinski definition) is 0. The molecule has 23 heavy (non-hydrogen) atoms. The molecule has 3 rings (SSSR count). The minimum atomic E-state index is 0.921. The molecular weight excluding hydrogens is 276 g/mol. The fourth-order valence-electron chi connectivity index (χ4n) is 2.04. The van der Waals surface area contributed by atoms with Gasteiger partial charge >= 0.3 is 0 Å². The van der Waals surface area contributed by atoms with E-state index in [2.05, 4.69) is 24.0 Å². The minimum Gasteiger partial charge on any atom is -0.115 e. The second-order valence-corrected chi connectivity index (χ2v) is 5.10. The molecule has 0 heterocycles. The van der Waals surface area contributed by atoms with E-state index in [1.165, 1.54) is 16.7 Å². The van der Waals surface area contributed by atoms with Gasteiger partial charge in [0, 0.05) is 11.1 Å². The van der Waals surface area contributed by atoms with Crippen LogP contribution in [0.5, 0.6) is 0 Å². The van der Waals surface area contributed by atoms with Crippen LogP contribution in [-0.2, 0) is 0 Å². The van der Waals surface area contributed by atoms with Crippen LogP contribution in [-0.4, -0.2) is 0 Å². The van der Waals surface area contributed by atoms with Crippen molar-refractivity contribution in [1.29, 1.82) is 0 Å². The molecule has 0 aliphatic rings. The third kappa shape index (κ3) is 4.92. The molecular formula is C23H18. The van der Waals surface area contributed by atoms with Crippen molar-refractivity contribution < 1.29 is 0 Å². The molecule has 0 unspecified atom stereocenters. The lowest BCUT2D eigenvalue weighted by Crippen LogP contribution is -1.77.